The number of anilines is 1. The van der Waals surface area contributed by atoms with Crippen molar-refractivity contribution in [3.63, 3.8) is 0 Å². The van der Waals surface area contributed by atoms with Crippen LogP contribution >= 0.6 is 11.6 Å². The molecule has 0 bridgehead atoms. The van der Waals surface area contributed by atoms with Gasteiger partial charge < -0.3 is 24.5 Å². The summed E-state index contributed by atoms with van der Waals surface area (Å²) in [6, 6.07) is 14.4. The second-order valence-corrected chi connectivity index (χ2v) is 11.0. The van der Waals surface area contributed by atoms with Gasteiger partial charge in [0.15, 0.2) is 0 Å². The maximum absolute atomic E-state index is 11.6. The quantitative estimate of drug-likeness (QED) is 0.398. The number of aliphatic carboxylic acids is 1. The summed E-state index contributed by atoms with van der Waals surface area (Å²) in [4.78, 5) is 17.2. The highest BCUT2D eigenvalue weighted by molar-refractivity contribution is 6.34. The fraction of sp³-hybridized carbons (Fsp3) is 0.448. The number of carbonyl (C=O) groups is 1. The van der Waals surface area contributed by atoms with Crippen LogP contribution in [-0.2, 0) is 9.53 Å². The van der Waals surface area contributed by atoms with E-state index in [9.17, 15) is 15.2 Å². The third-order valence-corrected chi connectivity index (χ3v) is 8.36. The van der Waals surface area contributed by atoms with Gasteiger partial charge in [0.05, 0.1) is 29.2 Å². The van der Waals surface area contributed by atoms with E-state index in [0.29, 0.717) is 16.5 Å². The van der Waals surface area contributed by atoms with Crippen molar-refractivity contribution in [2.45, 2.75) is 45.6 Å². The summed E-state index contributed by atoms with van der Waals surface area (Å²) >= 11 is 6.69. The lowest BCUT2D eigenvalue weighted by atomic mass is 9.70. The fourth-order valence-corrected chi connectivity index (χ4v) is 5.80. The van der Waals surface area contributed by atoms with Crippen molar-refractivity contribution in [3.05, 3.63) is 47.0 Å². The van der Waals surface area contributed by atoms with Gasteiger partial charge in [-0.3, -0.25) is 4.79 Å². The summed E-state index contributed by atoms with van der Waals surface area (Å²) < 4.78 is 11.7. The minimum Gasteiger partial charge on any atom is -0.481 e. The van der Waals surface area contributed by atoms with E-state index in [1.807, 2.05) is 12.1 Å². The second kappa shape index (κ2) is 10.3. The van der Waals surface area contributed by atoms with Crippen LogP contribution < -0.4 is 9.64 Å². The average molecular weight is 522 g/mol. The number of H-pyrrole nitrogens is 1. The number of carboxylic acid groups (broad SMARTS) is 1. The van der Waals surface area contributed by atoms with Crippen molar-refractivity contribution < 1.29 is 19.4 Å². The van der Waals surface area contributed by atoms with Crippen molar-refractivity contribution in [1.29, 1.82) is 5.26 Å². The number of carboxylic acids is 1. The zero-order valence-electron chi connectivity index (χ0n) is 21.2. The molecule has 1 saturated carbocycles. The summed E-state index contributed by atoms with van der Waals surface area (Å²) in [7, 11) is 0. The number of ether oxygens (including phenoxy) is 2. The summed E-state index contributed by atoms with van der Waals surface area (Å²) in [5.41, 5.74) is 3.46. The van der Waals surface area contributed by atoms with Crippen molar-refractivity contribution in [2.75, 3.05) is 31.2 Å². The summed E-state index contributed by atoms with van der Waals surface area (Å²) in [6.07, 6.45) is 3.00. The van der Waals surface area contributed by atoms with E-state index in [1.165, 1.54) is 0 Å². The number of halogens is 1. The van der Waals surface area contributed by atoms with E-state index in [0.717, 1.165) is 79.7 Å². The molecule has 0 atom stereocenters. The summed E-state index contributed by atoms with van der Waals surface area (Å²) in [6.45, 7) is 6.82. The maximum Gasteiger partial charge on any atom is 0.309 e. The Balaban J connectivity index is 1.36. The first-order valence-electron chi connectivity index (χ1n) is 12.9. The van der Waals surface area contributed by atoms with E-state index < -0.39 is 11.4 Å². The lowest BCUT2D eigenvalue weighted by molar-refractivity contribution is -0.151. The second-order valence-electron chi connectivity index (χ2n) is 10.6. The minimum absolute atomic E-state index is 0.0660. The summed E-state index contributed by atoms with van der Waals surface area (Å²) in [5, 5.41) is 20.9. The smallest absolute Gasteiger partial charge is 0.309 e. The Labute approximate surface area is 221 Å². The van der Waals surface area contributed by atoms with Crippen LogP contribution in [0, 0.1) is 22.7 Å². The largest absolute Gasteiger partial charge is 0.481 e. The number of morpholine rings is 1. The molecule has 0 amide bonds. The number of hydrogen-bond donors (Lipinski definition) is 2. The molecule has 5 rings (SSSR count). The average Bonchev–Trinajstić information content (AvgIpc) is 3.24. The predicted molar refractivity (Wildman–Crippen MR) is 144 cm³/mol. The van der Waals surface area contributed by atoms with E-state index in [1.54, 1.807) is 13.8 Å². The Morgan fingerprint density at radius 2 is 1.84 bits per heavy atom. The van der Waals surface area contributed by atoms with Crippen molar-refractivity contribution in [1.82, 2.24) is 4.98 Å². The van der Waals surface area contributed by atoms with Crippen molar-refractivity contribution in [2.24, 2.45) is 11.3 Å². The van der Waals surface area contributed by atoms with Gasteiger partial charge in [-0.15, -0.1) is 0 Å². The third-order valence-electron chi connectivity index (χ3n) is 8.05. The molecule has 0 spiro atoms. The first kappa shape index (κ1) is 25.4. The van der Waals surface area contributed by atoms with E-state index in [2.05, 4.69) is 40.2 Å². The van der Waals surface area contributed by atoms with Crippen LogP contribution in [0.1, 0.15) is 45.1 Å². The molecule has 1 aromatic heterocycles. The van der Waals surface area contributed by atoms with Crippen molar-refractivity contribution >= 4 is 34.2 Å². The van der Waals surface area contributed by atoms with Gasteiger partial charge in [-0.25, -0.2) is 0 Å². The van der Waals surface area contributed by atoms with Crippen LogP contribution in [0.15, 0.2) is 36.4 Å². The Hall–Kier alpha value is -3.21. The van der Waals surface area contributed by atoms with Gasteiger partial charge in [-0.1, -0.05) is 23.7 Å². The van der Waals surface area contributed by atoms with Gasteiger partial charge in [0.2, 0.25) is 5.88 Å². The molecule has 0 unspecified atom stereocenters. The SMILES string of the molecule is CC(C)(C(=O)O)C1CCC(Oc2[nH]c3cc(Cl)c(-c4ccc(N5CCOCC5)cc4)cc3c2C#N)CC1. The molecule has 3 aromatic rings. The number of rotatable bonds is 6. The lowest BCUT2D eigenvalue weighted by Crippen LogP contribution is -2.37. The predicted octanol–water partition coefficient (Wildman–Crippen LogP) is 6.24. The molecular weight excluding hydrogens is 490 g/mol. The normalized spacial score (nSPS) is 20.5. The maximum atomic E-state index is 11.6. The number of nitriles is 1. The van der Waals surface area contributed by atoms with E-state index in [4.69, 9.17) is 21.1 Å². The van der Waals surface area contributed by atoms with Gasteiger partial charge in [0.1, 0.15) is 17.7 Å². The molecule has 2 heterocycles. The molecule has 7 nitrogen and oxygen atoms in total. The van der Waals surface area contributed by atoms with Crippen LogP contribution in [0.2, 0.25) is 5.02 Å². The monoisotopic (exact) mass is 521 g/mol. The van der Waals surface area contributed by atoms with E-state index >= 15 is 0 Å². The number of fused-ring (bicyclic) bond motifs is 1. The molecule has 2 N–H and O–H groups in total. The van der Waals surface area contributed by atoms with Gasteiger partial charge in [0, 0.05) is 29.7 Å². The van der Waals surface area contributed by atoms with Gasteiger partial charge in [-0.2, -0.15) is 5.26 Å². The molecule has 2 fully saturated rings. The van der Waals surface area contributed by atoms with Crippen molar-refractivity contribution in [3.8, 4) is 23.1 Å². The van der Waals surface area contributed by atoms with Gasteiger partial charge in [0.25, 0.3) is 0 Å². The highest BCUT2D eigenvalue weighted by Crippen LogP contribution is 2.41. The van der Waals surface area contributed by atoms with Crippen LogP contribution in [0.4, 0.5) is 5.69 Å². The number of hydrogen-bond acceptors (Lipinski definition) is 5. The number of aromatic amines is 1. The Bertz CT molecular complexity index is 1330. The highest BCUT2D eigenvalue weighted by atomic mass is 35.5. The third kappa shape index (κ3) is 5.01. The molecule has 8 heteroatoms. The zero-order chi connectivity index (χ0) is 26.2. The number of nitrogens with zero attached hydrogens (tertiary/aromatic N) is 2. The lowest BCUT2D eigenvalue weighted by Gasteiger charge is -2.36. The molecule has 2 aliphatic rings. The number of nitrogens with one attached hydrogen (secondary N) is 1. The van der Waals surface area contributed by atoms with Crippen LogP contribution in [0.5, 0.6) is 5.88 Å². The number of benzene rings is 2. The Morgan fingerprint density at radius 1 is 1.16 bits per heavy atom. The minimum atomic E-state index is -0.761. The first-order chi connectivity index (χ1) is 17.8. The van der Waals surface area contributed by atoms with Gasteiger partial charge >= 0.3 is 5.97 Å². The molecule has 1 aliphatic carbocycles. The Kier molecular flexibility index (Phi) is 7.06. The molecule has 0 radical (unpaired) electrons. The molecule has 1 aliphatic heterocycles. The Morgan fingerprint density at radius 3 is 2.46 bits per heavy atom. The molecular formula is C29H32ClN3O4. The van der Waals surface area contributed by atoms with E-state index in [-0.39, 0.29) is 12.0 Å². The molecule has 37 heavy (non-hydrogen) atoms. The number of aromatic nitrogens is 1. The topological polar surface area (TPSA) is 98.6 Å². The van der Waals surface area contributed by atoms with Crippen LogP contribution in [0.3, 0.4) is 0 Å². The molecule has 194 valence electrons. The standard InChI is InChI=1S/C29H32ClN3O4/c1-29(2,28(34)35)19-5-9-21(10-6-19)37-27-24(17-31)23-15-22(25(30)16-26(23)32-27)18-3-7-20(8-4-18)33-11-13-36-14-12-33/h3-4,7-8,15-16,19,21,32H,5-6,9-14H2,1-2H3,(H,34,35). The van der Waals surface area contributed by atoms with Crippen LogP contribution in [0.25, 0.3) is 22.0 Å². The fourth-order valence-electron chi connectivity index (χ4n) is 5.53. The van der Waals surface area contributed by atoms with Crippen LogP contribution in [-0.4, -0.2) is 48.5 Å². The summed E-state index contributed by atoms with van der Waals surface area (Å²) in [5.74, 6) is -0.198. The van der Waals surface area contributed by atoms with Gasteiger partial charge in [-0.05, 0) is 75.3 Å². The first-order valence-corrected chi connectivity index (χ1v) is 13.2. The molecule has 1 saturated heterocycles. The molecule has 2 aromatic carbocycles. The zero-order valence-corrected chi connectivity index (χ0v) is 22.0. The highest BCUT2D eigenvalue weighted by Gasteiger charge is 2.39.